The van der Waals surface area contributed by atoms with Gasteiger partial charge in [-0.15, -0.1) is 0 Å². The lowest BCUT2D eigenvalue weighted by Crippen LogP contribution is -2.24. The molecule has 1 saturated carbocycles. The predicted octanol–water partition coefficient (Wildman–Crippen LogP) is 2.52. The number of aliphatic hydroxyl groups is 3. The molecule has 10 nitrogen and oxygen atoms in total. The van der Waals surface area contributed by atoms with E-state index >= 15 is 0 Å². The topological polar surface area (TPSA) is 151 Å². The summed E-state index contributed by atoms with van der Waals surface area (Å²) in [6, 6.07) is 6.99. The highest BCUT2D eigenvalue weighted by Crippen LogP contribution is 2.40. The van der Waals surface area contributed by atoms with E-state index in [9.17, 15) is 14.6 Å². The Morgan fingerprint density at radius 1 is 1.12 bits per heavy atom. The minimum atomic E-state index is -1.01. The van der Waals surface area contributed by atoms with Gasteiger partial charge in [0.1, 0.15) is 10.8 Å². The summed E-state index contributed by atoms with van der Waals surface area (Å²) >= 11 is 6.49. The molecule has 1 fully saturated rings. The molecule has 12 heteroatoms. The van der Waals surface area contributed by atoms with Gasteiger partial charge in [-0.25, -0.2) is 4.39 Å². The SMILES string of the molecule is OC[C@H](O)CNc1nc(N[C@@H](CO)c2ccc(F)cc2)nc(Nc2cc(C3CC3)[nH]n2)c1Cl. The summed E-state index contributed by atoms with van der Waals surface area (Å²) in [5, 5.41) is 45.0. The van der Waals surface area contributed by atoms with Crippen molar-refractivity contribution in [2.24, 2.45) is 0 Å². The third-order valence-corrected chi connectivity index (χ3v) is 5.54. The van der Waals surface area contributed by atoms with Crippen molar-refractivity contribution in [3.05, 3.63) is 52.4 Å². The molecule has 0 spiro atoms. The van der Waals surface area contributed by atoms with Crippen molar-refractivity contribution < 1.29 is 19.7 Å². The van der Waals surface area contributed by atoms with Gasteiger partial charge >= 0.3 is 0 Å². The van der Waals surface area contributed by atoms with Crippen LogP contribution in [0.4, 0.5) is 27.8 Å². The van der Waals surface area contributed by atoms with Crippen LogP contribution in [-0.4, -0.2) is 61.3 Å². The number of benzene rings is 1. The summed E-state index contributed by atoms with van der Waals surface area (Å²) in [4.78, 5) is 8.76. The number of halogens is 2. The number of nitrogens with zero attached hydrogens (tertiary/aromatic N) is 3. The molecule has 7 N–H and O–H groups in total. The van der Waals surface area contributed by atoms with Gasteiger partial charge in [-0.3, -0.25) is 5.10 Å². The first-order valence-corrected chi connectivity index (χ1v) is 10.9. The number of rotatable bonds is 11. The predicted molar refractivity (Wildman–Crippen MR) is 122 cm³/mol. The molecule has 2 aromatic heterocycles. The molecule has 0 bridgehead atoms. The maximum Gasteiger partial charge on any atom is 0.227 e. The summed E-state index contributed by atoms with van der Waals surface area (Å²) in [5.74, 6) is 1.22. The van der Waals surface area contributed by atoms with Crippen molar-refractivity contribution in [3.63, 3.8) is 0 Å². The standard InChI is InChI=1S/C21H25ClFN7O3/c22-18-19(24-8-14(33)9-31)27-21(25-16(10-32)12-3-5-13(23)6-4-12)28-20(18)26-17-7-15(29-30-17)11-1-2-11/h3-7,11,14,16,31-33H,1-2,8-10H2,(H4,24,25,26,27,28,29,30)/t14-,16+/m1/s1. The molecule has 4 rings (SSSR count). The summed E-state index contributed by atoms with van der Waals surface area (Å²) in [6.07, 6.45) is 1.23. The monoisotopic (exact) mass is 477 g/mol. The van der Waals surface area contributed by atoms with Gasteiger partial charge in [0, 0.05) is 24.2 Å². The molecule has 3 aromatic rings. The van der Waals surface area contributed by atoms with Crippen LogP contribution in [0.5, 0.6) is 0 Å². The molecule has 0 unspecified atom stereocenters. The first-order valence-electron chi connectivity index (χ1n) is 10.5. The Kier molecular flexibility index (Phi) is 7.23. The summed E-state index contributed by atoms with van der Waals surface area (Å²) in [5.41, 5.74) is 1.67. The molecule has 33 heavy (non-hydrogen) atoms. The van der Waals surface area contributed by atoms with Gasteiger partial charge in [-0.2, -0.15) is 15.1 Å². The van der Waals surface area contributed by atoms with Crippen LogP contribution in [0.2, 0.25) is 5.02 Å². The molecule has 1 aliphatic rings. The Balaban J connectivity index is 1.60. The zero-order chi connectivity index (χ0) is 23.4. The van der Waals surface area contributed by atoms with E-state index in [1.165, 1.54) is 12.1 Å². The quantitative estimate of drug-likeness (QED) is 0.221. The van der Waals surface area contributed by atoms with E-state index in [-0.39, 0.29) is 41.6 Å². The fourth-order valence-corrected chi connectivity index (χ4v) is 3.40. The number of hydrogen-bond donors (Lipinski definition) is 7. The molecule has 1 aromatic carbocycles. The van der Waals surface area contributed by atoms with Gasteiger partial charge in [0.15, 0.2) is 17.5 Å². The van der Waals surface area contributed by atoms with Gasteiger partial charge < -0.3 is 31.3 Å². The highest BCUT2D eigenvalue weighted by Gasteiger charge is 2.26. The highest BCUT2D eigenvalue weighted by molar-refractivity contribution is 6.35. The van der Waals surface area contributed by atoms with Crippen LogP contribution >= 0.6 is 11.6 Å². The van der Waals surface area contributed by atoms with Gasteiger partial charge in [0.25, 0.3) is 0 Å². The van der Waals surface area contributed by atoms with E-state index in [0.29, 0.717) is 17.3 Å². The molecule has 0 aliphatic heterocycles. The summed E-state index contributed by atoms with van der Waals surface area (Å²) < 4.78 is 13.3. The van der Waals surface area contributed by atoms with Crippen molar-refractivity contribution in [2.75, 3.05) is 35.7 Å². The van der Waals surface area contributed by atoms with Crippen LogP contribution < -0.4 is 16.0 Å². The molecular weight excluding hydrogens is 453 g/mol. The van der Waals surface area contributed by atoms with Crippen LogP contribution in [0.3, 0.4) is 0 Å². The average molecular weight is 478 g/mol. The van der Waals surface area contributed by atoms with E-state index in [1.54, 1.807) is 12.1 Å². The van der Waals surface area contributed by atoms with Crippen LogP contribution in [0, 0.1) is 5.82 Å². The van der Waals surface area contributed by atoms with Crippen LogP contribution in [-0.2, 0) is 0 Å². The second-order valence-electron chi connectivity index (χ2n) is 7.81. The number of nitrogens with one attached hydrogen (secondary N) is 4. The second kappa shape index (κ2) is 10.3. The van der Waals surface area contributed by atoms with Crippen molar-refractivity contribution >= 4 is 35.0 Å². The molecule has 0 saturated heterocycles. The average Bonchev–Trinajstić information content (AvgIpc) is 3.57. The molecule has 2 heterocycles. The van der Waals surface area contributed by atoms with Crippen molar-refractivity contribution in [2.45, 2.75) is 30.9 Å². The zero-order valence-corrected chi connectivity index (χ0v) is 18.3. The van der Waals surface area contributed by atoms with Crippen LogP contribution in [0.15, 0.2) is 30.3 Å². The van der Waals surface area contributed by atoms with E-state index < -0.39 is 18.8 Å². The number of aromatic nitrogens is 4. The minimum Gasteiger partial charge on any atom is -0.394 e. The molecule has 0 amide bonds. The lowest BCUT2D eigenvalue weighted by atomic mass is 10.1. The summed E-state index contributed by atoms with van der Waals surface area (Å²) in [7, 11) is 0. The van der Waals surface area contributed by atoms with E-state index in [0.717, 1.165) is 18.5 Å². The van der Waals surface area contributed by atoms with Crippen molar-refractivity contribution in [1.82, 2.24) is 20.2 Å². The molecule has 2 atom stereocenters. The Morgan fingerprint density at radius 2 is 1.85 bits per heavy atom. The highest BCUT2D eigenvalue weighted by atomic mass is 35.5. The summed E-state index contributed by atoms with van der Waals surface area (Å²) in [6.45, 7) is -0.724. The van der Waals surface area contributed by atoms with Gasteiger partial charge in [-0.1, -0.05) is 23.7 Å². The maximum absolute atomic E-state index is 13.3. The van der Waals surface area contributed by atoms with Crippen LogP contribution in [0.25, 0.3) is 0 Å². The van der Waals surface area contributed by atoms with Gasteiger partial charge in [0.2, 0.25) is 5.95 Å². The second-order valence-corrected chi connectivity index (χ2v) is 8.19. The lowest BCUT2D eigenvalue weighted by molar-refractivity contribution is 0.105. The normalized spacial score (nSPS) is 15.2. The van der Waals surface area contributed by atoms with Gasteiger partial charge in [0.05, 0.1) is 25.4 Å². The maximum atomic E-state index is 13.3. The van der Waals surface area contributed by atoms with Gasteiger partial charge in [-0.05, 0) is 30.5 Å². The van der Waals surface area contributed by atoms with E-state index in [1.807, 2.05) is 6.07 Å². The molecule has 0 radical (unpaired) electrons. The Bertz CT molecular complexity index is 1080. The lowest BCUT2D eigenvalue weighted by Gasteiger charge is -2.19. The fraction of sp³-hybridized carbons (Fsp3) is 0.381. The third kappa shape index (κ3) is 5.88. The number of aliphatic hydroxyl groups excluding tert-OH is 3. The minimum absolute atomic E-state index is 0.00172. The Labute approximate surface area is 194 Å². The molecular formula is C21H25ClFN7O3. The first kappa shape index (κ1) is 23.2. The third-order valence-electron chi connectivity index (χ3n) is 5.19. The molecule has 1 aliphatic carbocycles. The van der Waals surface area contributed by atoms with Crippen LogP contribution in [0.1, 0.15) is 36.1 Å². The first-order chi connectivity index (χ1) is 16.0. The largest absolute Gasteiger partial charge is 0.394 e. The van der Waals surface area contributed by atoms with Crippen molar-refractivity contribution in [3.8, 4) is 0 Å². The number of anilines is 4. The Morgan fingerprint density at radius 3 is 2.52 bits per heavy atom. The molecule has 176 valence electrons. The zero-order valence-electron chi connectivity index (χ0n) is 17.6. The Hall–Kier alpha value is -2.99. The number of hydrogen-bond acceptors (Lipinski definition) is 9. The smallest absolute Gasteiger partial charge is 0.227 e. The van der Waals surface area contributed by atoms with Crippen molar-refractivity contribution in [1.29, 1.82) is 0 Å². The number of aromatic amines is 1. The fourth-order valence-electron chi connectivity index (χ4n) is 3.20. The van der Waals surface area contributed by atoms with E-state index in [4.69, 9.17) is 16.7 Å². The number of H-pyrrole nitrogens is 1. The van der Waals surface area contributed by atoms with E-state index in [2.05, 4.69) is 36.1 Å².